The topological polar surface area (TPSA) is 81.4 Å². The molecule has 0 aromatic carbocycles. The molecule has 0 saturated carbocycles. The molecule has 0 aliphatic carbocycles. The Morgan fingerprint density at radius 2 is 1.40 bits per heavy atom. The van der Waals surface area contributed by atoms with Gasteiger partial charge in [0, 0.05) is 6.54 Å². The average molecular weight is 286 g/mol. The Hall–Kier alpha value is -1.10. The Morgan fingerprint density at radius 3 is 1.90 bits per heavy atom. The van der Waals surface area contributed by atoms with Gasteiger partial charge in [-0.05, 0) is 6.42 Å². The molecule has 3 N–H and O–H groups in total. The van der Waals surface area contributed by atoms with Crippen molar-refractivity contribution in [2.24, 2.45) is 5.73 Å². The van der Waals surface area contributed by atoms with Gasteiger partial charge in [-0.15, -0.1) is 0 Å². The molecule has 5 heteroatoms. The number of rotatable bonds is 12. The summed E-state index contributed by atoms with van der Waals surface area (Å²) in [6, 6.07) is 0. The lowest BCUT2D eigenvalue weighted by atomic mass is 10.1. The molecule has 5 nitrogen and oxygen atoms in total. The lowest BCUT2D eigenvalue weighted by Crippen LogP contribution is -2.30. The van der Waals surface area contributed by atoms with Crippen LogP contribution < -0.4 is 11.1 Å². The zero-order chi connectivity index (χ0) is 15.1. The predicted octanol–water partition coefficient (Wildman–Crippen LogP) is 3.12. The fourth-order valence-electron chi connectivity index (χ4n) is 1.98. The molecular weight excluding hydrogens is 256 g/mol. The van der Waals surface area contributed by atoms with Crippen LogP contribution in [0.2, 0.25) is 0 Å². The van der Waals surface area contributed by atoms with Crippen molar-refractivity contribution >= 4 is 12.1 Å². The maximum absolute atomic E-state index is 11.1. The molecule has 0 fully saturated rings. The van der Waals surface area contributed by atoms with E-state index in [1.165, 1.54) is 51.4 Å². The normalized spacial score (nSPS) is 10.3. The number of carbonyl (C=O) groups is 2. The lowest BCUT2D eigenvalue weighted by Gasteiger charge is -2.05. The Kier molecular flexibility index (Phi) is 13.5. The molecule has 0 rings (SSSR count). The van der Waals surface area contributed by atoms with Crippen LogP contribution in [0.25, 0.3) is 0 Å². The molecular formula is C15H30N2O3. The van der Waals surface area contributed by atoms with E-state index in [0.717, 1.165) is 12.8 Å². The van der Waals surface area contributed by atoms with Crippen molar-refractivity contribution < 1.29 is 14.3 Å². The molecule has 0 aromatic heterocycles. The molecule has 0 aliphatic rings. The fourth-order valence-corrected chi connectivity index (χ4v) is 1.98. The highest BCUT2D eigenvalue weighted by Gasteiger charge is 2.06. The van der Waals surface area contributed by atoms with Crippen LogP contribution >= 0.6 is 0 Å². The monoisotopic (exact) mass is 286 g/mol. The van der Waals surface area contributed by atoms with Gasteiger partial charge in [-0.25, -0.2) is 4.79 Å². The average Bonchev–Trinajstić information content (AvgIpc) is 2.44. The van der Waals surface area contributed by atoms with Crippen molar-refractivity contribution in [3.05, 3.63) is 0 Å². The fraction of sp³-hybridized carbons (Fsp3) is 0.867. The number of carbonyl (C=O) groups excluding carboxylic acids is 2. The second-order valence-electron chi connectivity index (χ2n) is 5.07. The number of unbranched alkanes of at least 4 members (excludes halogenated alkanes) is 9. The molecule has 20 heavy (non-hydrogen) atoms. The standard InChI is InChI=1S/C15H30N2O3/c1-2-3-4-5-6-7-8-9-10-11-12-17-15(19)20-14(18)13-16/h2-13,16H2,1H3,(H,17,19). The lowest BCUT2D eigenvalue weighted by molar-refractivity contribution is -0.135. The molecule has 0 heterocycles. The number of hydrogen-bond acceptors (Lipinski definition) is 4. The largest absolute Gasteiger partial charge is 0.414 e. The molecule has 0 aliphatic heterocycles. The van der Waals surface area contributed by atoms with E-state index in [1.54, 1.807) is 0 Å². The minimum atomic E-state index is -0.703. The first-order valence-electron chi connectivity index (χ1n) is 7.89. The minimum absolute atomic E-state index is 0.272. The van der Waals surface area contributed by atoms with Gasteiger partial charge in [-0.3, -0.25) is 4.79 Å². The molecule has 0 saturated heterocycles. The summed E-state index contributed by atoms with van der Waals surface area (Å²) in [4.78, 5) is 21.8. The van der Waals surface area contributed by atoms with Crippen LogP contribution in [-0.2, 0) is 9.53 Å². The van der Waals surface area contributed by atoms with Crippen LogP contribution in [0.3, 0.4) is 0 Å². The number of amides is 1. The number of nitrogens with one attached hydrogen (secondary N) is 1. The van der Waals surface area contributed by atoms with Crippen molar-refractivity contribution in [2.45, 2.75) is 71.1 Å². The van der Waals surface area contributed by atoms with E-state index in [4.69, 9.17) is 5.73 Å². The van der Waals surface area contributed by atoms with Crippen molar-refractivity contribution in [1.82, 2.24) is 5.32 Å². The summed E-state index contributed by atoms with van der Waals surface area (Å²) >= 11 is 0. The van der Waals surface area contributed by atoms with Gasteiger partial charge in [0.25, 0.3) is 0 Å². The zero-order valence-corrected chi connectivity index (χ0v) is 12.8. The Balaban J connectivity index is 3.16. The Bertz CT molecular complexity index is 258. The first-order valence-corrected chi connectivity index (χ1v) is 7.89. The van der Waals surface area contributed by atoms with Gasteiger partial charge in [-0.2, -0.15) is 0 Å². The highest BCUT2D eigenvalue weighted by Crippen LogP contribution is 2.10. The maximum Gasteiger partial charge on any atom is 0.414 e. The Morgan fingerprint density at radius 1 is 0.900 bits per heavy atom. The summed E-state index contributed by atoms with van der Waals surface area (Å²) in [7, 11) is 0. The van der Waals surface area contributed by atoms with E-state index in [-0.39, 0.29) is 6.54 Å². The number of ether oxygens (including phenoxy) is 1. The quantitative estimate of drug-likeness (QED) is 0.328. The van der Waals surface area contributed by atoms with Crippen LogP contribution in [0.1, 0.15) is 71.1 Å². The smallest absolute Gasteiger partial charge is 0.375 e. The van der Waals surface area contributed by atoms with Crippen molar-refractivity contribution in [2.75, 3.05) is 13.1 Å². The van der Waals surface area contributed by atoms with Crippen LogP contribution in [-0.4, -0.2) is 25.2 Å². The van der Waals surface area contributed by atoms with Gasteiger partial charge in [0.2, 0.25) is 0 Å². The highest BCUT2D eigenvalue weighted by molar-refractivity contribution is 5.85. The maximum atomic E-state index is 11.1. The number of alkyl carbamates (subject to hydrolysis) is 1. The SMILES string of the molecule is CCCCCCCCCCCCNC(=O)OC(=O)CN. The molecule has 0 aromatic rings. The van der Waals surface area contributed by atoms with Crippen molar-refractivity contribution in [3.8, 4) is 0 Å². The third-order valence-corrected chi connectivity index (χ3v) is 3.17. The zero-order valence-electron chi connectivity index (χ0n) is 12.8. The third kappa shape index (κ3) is 13.3. The molecule has 118 valence electrons. The first kappa shape index (κ1) is 18.9. The summed E-state index contributed by atoms with van der Waals surface area (Å²) < 4.78 is 4.38. The van der Waals surface area contributed by atoms with Crippen LogP contribution in [0.15, 0.2) is 0 Å². The second kappa shape index (κ2) is 14.3. The summed E-state index contributed by atoms with van der Waals surface area (Å²) in [6.45, 7) is 2.51. The van der Waals surface area contributed by atoms with Gasteiger partial charge in [-0.1, -0.05) is 64.7 Å². The van der Waals surface area contributed by atoms with E-state index in [9.17, 15) is 9.59 Å². The van der Waals surface area contributed by atoms with Crippen LogP contribution in [0.4, 0.5) is 4.79 Å². The summed E-state index contributed by atoms with van der Waals surface area (Å²) in [5.41, 5.74) is 5.03. The molecule has 0 unspecified atom stereocenters. The summed E-state index contributed by atoms with van der Waals surface area (Å²) in [6.07, 6.45) is 11.8. The highest BCUT2D eigenvalue weighted by atomic mass is 16.6. The van der Waals surface area contributed by atoms with Gasteiger partial charge in [0.15, 0.2) is 0 Å². The van der Waals surface area contributed by atoms with Crippen LogP contribution in [0.5, 0.6) is 0 Å². The molecule has 0 radical (unpaired) electrons. The number of nitrogens with two attached hydrogens (primary N) is 1. The molecule has 0 spiro atoms. The molecule has 1 amide bonds. The number of hydrogen-bond donors (Lipinski definition) is 2. The third-order valence-electron chi connectivity index (χ3n) is 3.17. The minimum Gasteiger partial charge on any atom is -0.375 e. The van der Waals surface area contributed by atoms with Gasteiger partial charge in [0.1, 0.15) is 0 Å². The Labute approximate surface area is 122 Å². The van der Waals surface area contributed by atoms with E-state index >= 15 is 0 Å². The van der Waals surface area contributed by atoms with E-state index < -0.39 is 12.1 Å². The van der Waals surface area contributed by atoms with E-state index in [0.29, 0.717) is 6.54 Å². The van der Waals surface area contributed by atoms with Gasteiger partial charge >= 0.3 is 12.1 Å². The predicted molar refractivity (Wildman–Crippen MR) is 80.4 cm³/mol. The van der Waals surface area contributed by atoms with Crippen molar-refractivity contribution in [3.63, 3.8) is 0 Å². The summed E-state index contributed by atoms with van der Waals surface area (Å²) in [5.74, 6) is -0.703. The molecule has 0 bridgehead atoms. The van der Waals surface area contributed by atoms with Crippen molar-refractivity contribution in [1.29, 1.82) is 0 Å². The van der Waals surface area contributed by atoms with Gasteiger partial charge in [0.05, 0.1) is 6.54 Å². The first-order chi connectivity index (χ1) is 9.70. The second-order valence-corrected chi connectivity index (χ2v) is 5.07. The molecule has 0 atom stereocenters. The van der Waals surface area contributed by atoms with E-state index in [2.05, 4.69) is 17.0 Å². The van der Waals surface area contributed by atoms with E-state index in [1.807, 2.05) is 0 Å². The number of esters is 1. The summed E-state index contributed by atoms with van der Waals surface area (Å²) in [5, 5.41) is 2.54. The van der Waals surface area contributed by atoms with Crippen LogP contribution in [0, 0.1) is 0 Å². The van der Waals surface area contributed by atoms with Gasteiger partial charge < -0.3 is 15.8 Å².